The Hall–Kier alpha value is -3.14. The van der Waals surface area contributed by atoms with Gasteiger partial charge >= 0.3 is 0 Å². The molecule has 5 N–H and O–H groups in total. The molecule has 1 saturated heterocycles. The second kappa shape index (κ2) is 9.14. The molecule has 2 aliphatic heterocycles. The van der Waals surface area contributed by atoms with Crippen LogP contribution in [0.15, 0.2) is 23.2 Å². The van der Waals surface area contributed by atoms with Crippen molar-refractivity contribution >= 4 is 27.5 Å². The standard InChI is InChI=1S/C20H22F3N5O6S/c1-27-6-15-18(17(27)19(30)25-10-2-11(21)16(23)12(22)3-10)34-8-9-4-28(20(31)13(24)7-29)5-14(9)26-35(15,32)33/h2-3,6,9,13-14,26,29H,4-5,7-8,24H2,1H3,(H,25,30)/t9-,13+,14-/m1/s1. The van der Waals surface area contributed by atoms with E-state index in [-0.39, 0.29) is 36.0 Å². The summed E-state index contributed by atoms with van der Waals surface area (Å²) in [6.07, 6.45) is 1.14. The molecule has 1 aromatic carbocycles. The van der Waals surface area contributed by atoms with Crippen molar-refractivity contribution in [1.29, 1.82) is 0 Å². The second-order valence-corrected chi connectivity index (χ2v) is 10.0. The summed E-state index contributed by atoms with van der Waals surface area (Å²) in [6, 6.07) is -0.695. The van der Waals surface area contributed by atoms with Crippen molar-refractivity contribution in [3.63, 3.8) is 0 Å². The fourth-order valence-corrected chi connectivity index (χ4v) is 5.60. The van der Waals surface area contributed by atoms with Crippen LogP contribution in [-0.4, -0.2) is 73.2 Å². The van der Waals surface area contributed by atoms with Gasteiger partial charge in [0.15, 0.2) is 28.9 Å². The number of rotatable bonds is 4. The van der Waals surface area contributed by atoms with Crippen molar-refractivity contribution in [3.8, 4) is 5.75 Å². The van der Waals surface area contributed by atoms with Crippen LogP contribution in [0.3, 0.4) is 0 Å². The molecule has 3 atom stereocenters. The van der Waals surface area contributed by atoms with Crippen molar-refractivity contribution in [3.05, 3.63) is 41.5 Å². The third-order valence-electron chi connectivity index (χ3n) is 5.86. The third kappa shape index (κ3) is 4.59. The average Bonchev–Trinajstić information content (AvgIpc) is 3.34. The maximum atomic E-state index is 13.5. The fourth-order valence-electron chi connectivity index (χ4n) is 4.11. The lowest BCUT2D eigenvalue weighted by molar-refractivity contribution is -0.132. The molecule has 15 heteroatoms. The molecule has 4 rings (SSSR count). The molecule has 0 radical (unpaired) electrons. The van der Waals surface area contributed by atoms with Crippen LogP contribution >= 0.6 is 0 Å². The number of nitrogens with two attached hydrogens (primary N) is 1. The normalized spacial score (nSPS) is 21.8. The molecule has 0 bridgehead atoms. The Morgan fingerprint density at radius 1 is 1.29 bits per heavy atom. The van der Waals surface area contributed by atoms with Gasteiger partial charge in [-0.3, -0.25) is 9.59 Å². The van der Waals surface area contributed by atoms with Gasteiger partial charge in [0.2, 0.25) is 15.9 Å². The van der Waals surface area contributed by atoms with Gasteiger partial charge in [-0.15, -0.1) is 0 Å². The number of benzene rings is 1. The van der Waals surface area contributed by atoms with E-state index in [1.54, 1.807) is 0 Å². The molecular weight excluding hydrogens is 495 g/mol. The van der Waals surface area contributed by atoms with Crippen LogP contribution in [0.1, 0.15) is 10.5 Å². The van der Waals surface area contributed by atoms with E-state index in [1.807, 2.05) is 0 Å². The number of halogens is 3. The molecule has 190 valence electrons. The van der Waals surface area contributed by atoms with Gasteiger partial charge in [-0.25, -0.2) is 26.3 Å². The maximum absolute atomic E-state index is 13.5. The fraction of sp³-hybridized carbons (Fsp3) is 0.400. The third-order valence-corrected chi connectivity index (χ3v) is 7.35. The van der Waals surface area contributed by atoms with Gasteiger partial charge in [-0.2, -0.15) is 0 Å². The number of anilines is 1. The number of nitrogens with zero attached hydrogens (tertiary/aromatic N) is 2. The van der Waals surface area contributed by atoms with Crippen LogP contribution in [0.2, 0.25) is 0 Å². The lowest BCUT2D eigenvalue weighted by atomic mass is 10.1. The number of nitrogens with one attached hydrogen (secondary N) is 2. The number of amides is 2. The number of ether oxygens (including phenoxy) is 1. The highest BCUT2D eigenvalue weighted by Crippen LogP contribution is 2.35. The van der Waals surface area contributed by atoms with E-state index in [0.29, 0.717) is 12.1 Å². The Kier molecular flexibility index (Phi) is 6.52. The van der Waals surface area contributed by atoms with Crippen molar-refractivity contribution < 1.29 is 41.0 Å². The number of hydrogen-bond acceptors (Lipinski definition) is 7. The monoisotopic (exact) mass is 517 g/mol. The Morgan fingerprint density at radius 2 is 1.94 bits per heavy atom. The highest BCUT2D eigenvalue weighted by Gasteiger charge is 2.43. The number of aryl methyl sites for hydroxylation is 1. The lowest BCUT2D eigenvalue weighted by Crippen LogP contribution is -2.46. The van der Waals surface area contributed by atoms with Gasteiger partial charge in [-0.05, 0) is 0 Å². The van der Waals surface area contributed by atoms with E-state index >= 15 is 0 Å². The molecule has 11 nitrogen and oxygen atoms in total. The summed E-state index contributed by atoms with van der Waals surface area (Å²) in [7, 11) is -2.85. The van der Waals surface area contributed by atoms with E-state index in [0.717, 1.165) is 6.20 Å². The van der Waals surface area contributed by atoms with E-state index < -0.39 is 69.6 Å². The van der Waals surface area contributed by atoms with Crippen LogP contribution in [0, 0.1) is 23.4 Å². The predicted octanol–water partition coefficient (Wildman–Crippen LogP) is -0.488. The summed E-state index contributed by atoms with van der Waals surface area (Å²) in [5.41, 5.74) is 4.93. The minimum absolute atomic E-state index is 0.0109. The molecule has 1 aromatic heterocycles. The van der Waals surface area contributed by atoms with Crippen LogP contribution in [0.4, 0.5) is 18.9 Å². The first kappa shape index (κ1) is 25.0. The van der Waals surface area contributed by atoms with Gasteiger partial charge in [-0.1, -0.05) is 0 Å². The van der Waals surface area contributed by atoms with Crippen LogP contribution in [0.5, 0.6) is 5.75 Å². The smallest absolute Gasteiger partial charge is 0.276 e. The Morgan fingerprint density at radius 3 is 2.57 bits per heavy atom. The van der Waals surface area contributed by atoms with Gasteiger partial charge in [0.05, 0.1) is 13.2 Å². The molecule has 3 heterocycles. The first-order valence-electron chi connectivity index (χ1n) is 10.4. The Balaban J connectivity index is 1.63. The molecule has 2 aromatic rings. The molecule has 35 heavy (non-hydrogen) atoms. The number of aliphatic hydroxyl groups excluding tert-OH is 1. The maximum Gasteiger partial charge on any atom is 0.276 e. The van der Waals surface area contributed by atoms with Gasteiger partial charge in [0, 0.05) is 56.1 Å². The van der Waals surface area contributed by atoms with Gasteiger partial charge < -0.3 is 30.4 Å². The summed E-state index contributed by atoms with van der Waals surface area (Å²) in [6.45, 7) is -0.545. The van der Waals surface area contributed by atoms with Crippen molar-refractivity contribution in [2.45, 2.75) is 17.0 Å². The molecule has 0 saturated carbocycles. The summed E-state index contributed by atoms with van der Waals surface area (Å²) in [5.74, 6) is -7.03. The van der Waals surface area contributed by atoms with Crippen molar-refractivity contribution in [2.24, 2.45) is 18.7 Å². The minimum atomic E-state index is -4.22. The van der Waals surface area contributed by atoms with Crippen LogP contribution in [-0.2, 0) is 21.9 Å². The molecule has 0 spiro atoms. The number of carbonyl (C=O) groups excluding carboxylic acids is 2. The zero-order chi connectivity index (χ0) is 25.7. The van der Waals surface area contributed by atoms with E-state index in [4.69, 9.17) is 15.6 Å². The van der Waals surface area contributed by atoms with Gasteiger partial charge in [0.25, 0.3) is 5.91 Å². The van der Waals surface area contributed by atoms with Crippen molar-refractivity contribution in [1.82, 2.24) is 14.2 Å². The first-order valence-corrected chi connectivity index (χ1v) is 11.9. The molecular formula is C20H22F3N5O6S. The molecule has 0 unspecified atom stereocenters. The van der Waals surface area contributed by atoms with Crippen LogP contribution in [0.25, 0.3) is 0 Å². The first-order chi connectivity index (χ1) is 16.4. The Labute approximate surface area is 197 Å². The minimum Gasteiger partial charge on any atom is -0.489 e. The summed E-state index contributed by atoms with van der Waals surface area (Å²) in [5, 5.41) is 11.3. The zero-order valence-electron chi connectivity index (χ0n) is 18.3. The van der Waals surface area contributed by atoms with Gasteiger partial charge in [0.1, 0.15) is 10.9 Å². The quantitative estimate of drug-likeness (QED) is 0.399. The largest absolute Gasteiger partial charge is 0.489 e. The number of hydrogen-bond donors (Lipinski definition) is 4. The number of carbonyl (C=O) groups is 2. The molecule has 0 aliphatic carbocycles. The summed E-state index contributed by atoms with van der Waals surface area (Å²) >= 11 is 0. The highest BCUT2D eigenvalue weighted by atomic mass is 32.2. The average molecular weight is 517 g/mol. The van der Waals surface area contributed by atoms with Crippen molar-refractivity contribution in [2.75, 3.05) is 31.6 Å². The topological polar surface area (TPSA) is 156 Å². The predicted molar refractivity (Wildman–Crippen MR) is 114 cm³/mol. The second-order valence-electron chi connectivity index (χ2n) is 8.32. The lowest BCUT2D eigenvalue weighted by Gasteiger charge is -2.23. The summed E-state index contributed by atoms with van der Waals surface area (Å²) < 4.78 is 75.9. The van der Waals surface area contributed by atoms with Crippen LogP contribution < -0.4 is 20.5 Å². The number of aromatic nitrogens is 1. The number of fused-ring (bicyclic) bond motifs is 2. The highest BCUT2D eigenvalue weighted by molar-refractivity contribution is 7.89. The molecule has 2 aliphatic rings. The molecule has 1 fully saturated rings. The zero-order valence-corrected chi connectivity index (χ0v) is 19.1. The van der Waals surface area contributed by atoms with E-state index in [1.165, 1.54) is 16.5 Å². The van der Waals surface area contributed by atoms with E-state index in [2.05, 4.69) is 10.0 Å². The number of sulfonamides is 1. The summed E-state index contributed by atoms with van der Waals surface area (Å²) in [4.78, 5) is 26.2. The number of likely N-dealkylation sites (tertiary alicyclic amines) is 1. The molecule has 2 amide bonds. The Bertz CT molecular complexity index is 1280. The number of aliphatic hydroxyl groups is 1. The van der Waals surface area contributed by atoms with E-state index in [9.17, 15) is 31.2 Å². The SMILES string of the molecule is Cn1cc2c(c1C(=O)Nc1cc(F)c(F)c(F)c1)OC[C@H]1CN(C(=O)[C@@H](N)CO)C[C@H]1NS2(=O)=O.